The quantitative estimate of drug-likeness (QED) is 0.438. The third-order valence-corrected chi connectivity index (χ3v) is 5.18. The van der Waals surface area contributed by atoms with Crippen molar-refractivity contribution < 1.29 is 19.0 Å². The van der Waals surface area contributed by atoms with Crippen LogP contribution in [0.1, 0.15) is 18.4 Å². The number of carbonyl (C=O) groups excluding carboxylic acids is 1. The van der Waals surface area contributed by atoms with E-state index >= 15 is 0 Å². The van der Waals surface area contributed by atoms with E-state index in [4.69, 9.17) is 14.2 Å². The van der Waals surface area contributed by atoms with E-state index in [0.717, 1.165) is 12.8 Å². The molecular formula is C24H22N4O5. The highest BCUT2D eigenvalue weighted by atomic mass is 16.5. The van der Waals surface area contributed by atoms with Gasteiger partial charge in [-0.3, -0.25) is 14.0 Å². The predicted molar refractivity (Wildman–Crippen MR) is 120 cm³/mol. The molecule has 0 spiro atoms. The molecule has 2 aromatic heterocycles. The summed E-state index contributed by atoms with van der Waals surface area (Å²) in [6.07, 6.45) is 4.46. The zero-order valence-electron chi connectivity index (χ0n) is 18.0. The van der Waals surface area contributed by atoms with Gasteiger partial charge in [-0.15, -0.1) is 0 Å². The molecule has 168 valence electrons. The number of para-hydroxylation sites is 2. The number of amides is 1. The van der Waals surface area contributed by atoms with Gasteiger partial charge in [-0.2, -0.15) is 10.2 Å². The molecule has 0 unspecified atom stereocenters. The molecule has 0 radical (unpaired) electrons. The Kier molecular flexibility index (Phi) is 6.66. The van der Waals surface area contributed by atoms with E-state index in [2.05, 4.69) is 10.3 Å². The first-order valence-electron chi connectivity index (χ1n) is 10.4. The number of nitrogens with zero attached hydrogens (tertiary/aromatic N) is 3. The van der Waals surface area contributed by atoms with Crippen LogP contribution in [-0.4, -0.2) is 41.7 Å². The summed E-state index contributed by atoms with van der Waals surface area (Å²) >= 11 is 0. The van der Waals surface area contributed by atoms with Crippen LogP contribution in [-0.2, 0) is 9.53 Å². The number of nitrogens with one attached hydrogen (secondary N) is 1. The van der Waals surface area contributed by atoms with Crippen LogP contribution in [0.15, 0.2) is 59.0 Å². The van der Waals surface area contributed by atoms with Crippen molar-refractivity contribution in [3.05, 3.63) is 70.2 Å². The Morgan fingerprint density at radius 2 is 2.09 bits per heavy atom. The van der Waals surface area contributed by atoms with Gasteiger partial charge in [-0.1, -0.05) is 18.2 Å². The molecule has 1 N–H and O–H groups in total. The van der Waals surface area contributed by atoms with Crippen molar-refractivity contribution in [3.63, 3.8) is 0 Å². The molecule has 0 bridgehead atoms. The lowest BCUT2D eigenvalue weighted by atomic mass is 10.1. The maximum absolute atomic E-state index is 13.2. The Balaban J connectivity index is 1.75. The van der Waals surface area contributed by atoms with Crippen LogP contribution in [0.25, 0.3) is 11.7 Å². The summed E-state index contributed by atoms with van der Waals surface area (Å²) in [7, 11) is 1.50. The first kappa shape index (κ1) is 22.0. The van der Waals surface area contributed by atoms with Crippen molar-refractivity contribution in [1.82, 2.24) is 14.7 Å². The standard InChI is InChI=1S/C24H22N4O5/c1-31-19-8-2-3-9-20(19)33-23-18(24(30)28-11-5-4-10-21(28)27-23)13-16(14-25)22(29)26-15-17-7-6-12-32-17/h2-5,8-11,13,17H,6-7,12,15H2,1H3,(H,26,29)/b16-13+/t17-/m1/s1. The van der Waals surface area contributed by atoms with Crippen molar-refractivity contribution >= 4 is 17.6 Å². The minimum Gasteiger partial charge on any atom is -0.493 e. The summed E-state index contributed by atoms with van der Waals surface area (Å²) in [6, 6.07) is 13.8. The Morgan fingerprint density at radius 3 is 2.82 bits per heavy atom. The topological polar surface area (TPSA) is 115 Å². The molecule has 1 aliphatic rings. The fourth-order valence-corrected chi connectivity index (χ4v) is 3.49. The van der Waals surface area contributed by atoms with Crippen molar-refractivity contribution in [2.75, 3.05) is 20.3 Å². The Morgan fingerprint density at radius 1 is 1.30 bits per heavy atom. The van der Waals surface area contributed by atoms with E-state index in [0.29, 0.717) is 23.8 Å². The largest absolute Gasteiger partial charge is 0.493 e. The molecule has 33 heavy (non-hydrogen) atoms. The number of benzene rings is 1. The number of hydrogen-bond acceptors (Lipinski definition) is 7. The van der Waals surface area contributed by atoms with Crippen molar-refractivity contribution in [3.8, 4) is 23.4 Å². The minimum atomic E-state index is -0.603. The van der Waals surface area contributed by atoms with Gasteiger partial charge >= 0.3 is 0 Å². The third kappa shape index (κ3) is 4.86. The number of pyridine rings is 1. The number of aromatic nitrogens is 2. The zero-order chi connectivity index (χ0) is 23.2. The highest BCUT2D eigenvalue weighted by molar-refractivity contribution is 6.01. The van der Waals surface area contributed by atoms with E-state index in [1.165, 1.54) is 17.6 Å². The lowest BCUT2D eigenvalue weighted by Gasteiger charge is -2.13. The molecular weight excluding hydrogens is 424 g/mol. The highest BCUT2D eigenvalue weighted by Gasteiger charge is 2.20. The Bertz CT molecular complexity index is 1300. The van der Waals surface area contributed by atoms with Crippen LogP contribution in [0.3, 0.4) is 0 Å². The van der Waals surface area contributed by atoms with Crippen LogP contribution in [0.5, 0.6) is 17.4 Å². The number of hydrogen-bond donors (Lipinski definition) is 1. The van der Waals surface area contributed by atoms with Crippen molar-refractivity contribution in [1.29, 1.82) is 5.26 Å². The maximum atomic E-state index is 13.2. The lowest BCUT2D eigenvalue weighted by molar-refractivity contribution is -0.117. The number of rotatable bonds is 7. The van der Waals surface area contributed by atoms with Gasteiger partial charge in [0.25, 0.3) is 11.5 Å². The molecule has 3 aromatic rings. The van der Waals surface area contributed by atoms with Gasteiger partial charge in [0.15, 0.2) is 11.5 Å². The van der Waals surface area contributed by atoms with Gasteiger partial charge < -0.3 is 19.5 Å². The van der Waals surface area contributed by atoms with Crippen LogP contribution in [0.2, 0.25) is 0 Å². The summed E-state index contributed by atoms with van der Waals surface area (Å²) in [4.78, 5) is 30.3. The van der Waals surface area contributed by atoms with Gasteiger partial charge in [-0.05, 0) is 43.2 Å². The van der Waals surface area contributed by atoms with Crippen LogP contribution in [0.4, 0.5) is 0 Å². The molecule has 1 aromatic carbocycles. The SMILES string of the molecule is COc1ccccc1Oc1nc2ccccn2c(=O)c1/C=C(\C#N)C(=O)NC[C@H]1CCCO1. The average molecular weight is 446 g/mol. The summed E-state index contributed by atoms with van der Waals surface area (Å²) in [5, 5.41) is 12.3. The summed E-state index contributed by atoms with van der Waals surface area (Å²) < 4.78 is 18.1. The fourth-order valence-electron chi connectivity index (χ4n) is 3.49. The molecule has 0 aliphatic carbocycles. The molecule has 9 heteroatoms. The number of fused-ring (bicyclic) bond motifs is 1. The molecule has 0 saturated carbocycles. The monoisotopic (exact) mass is 446 g/mol. The van der Waals surface area contributed by atoms with Gasteiger partial charge in [0.1, 0.15) is 22.9 Å². The van der Waals surface area contributed by atoms with Crippen molar-refractivity contribution in [2.45, 2.75) is 18.9 Å². The second kappa shape index (κ2) is 9.97. The highest BCUT2D eigenvalue weighted by Crippen LogP contribution is 2.31. The predicted octanol–water partition coefficient (Wildman–Crippen LogP) is 2.70. The summed E-state index contributed by atoms with van der Waals surface area (Å²) in [5.74, 6) is 0.129. The molecule has 1 fully saturated rings. The average Bonchev–Trinajstić information content (AvgIpc) is 3.37. The van der Waals surface area contributed by atoms with E-state index in [-0.39, 0.29) is 29.7 Å². The Hall–Kier alpha value is -4.16. The maximum Gasteiger partial charge on any atom is 0.269 e. The van der Waals surface area contributed by atoms with E-state index in [9.17, 15) is 14.9 Å². The smallest absolute Gasteiger partial charge is 0.269 e. The molecule has 9 nitrogen and oxygen atoms in total. The normalized spacial score (nSPS) is 15.8. The number of carbonyl (C=O) groups is 1. The number of methoxy groups -OCH3 is 1. The Labute approximate surface area is 189 Å². The molecule has 4 rings (SSSR count). The van der Waals surface area contributed by atoms with E-state index in [1.807, 2.05) is 6.07 Å². The minimum absolute atomic E-state index is 0.0339. The van der Waals surface area contributed by atoms with Gasteiger partial charge in [-0.25, -0.2) is 0 Å². The van der Waals surface area contributed by atoms with Gasteiger partial charge in [0, 0.05) is 19.3 Å². The molecule has 1 atom stereocenters. The molecule has 1 amide bonds. The van der Waals surface area contributed by atoms with Crippen molar-refractivity contribution in [2.24, 2.45) is 0 Å². The van der Waals surface area contributed by atoms with Gasteiger partial charge in [0.2, 0.25) is 5.88 Å². The molecule has 3 heterocycles. The second-order valence-electron chi connectivity index (χ2n) is 7.33. The summed E-state index contributed by atoms with van der Waals surface area (Å²) in [6.45, 7) is 0.946. The lowest BCUT2D eigenvalue weighted by Crippen LogP contribution is -2.32. The zero-order valence-corrected chi connectivity index (χ0v) is 18.0. The van der Waals surface area contributed by atoms with Crippen LogP contribution in [0, 0.1) is 11.3 Å². The molecule has 1 saturated heterocycles. The van der Waals surface area contributed by atoms with Crippen LogP contribution < -0.4 is 20.3 Å². The number of nitriles is 1. The van der Waals surface area contributed by atoms with Gasteiger partial charge in [0.05, 0.1) is 13.2 Å². The second-order valence-corrected chi connectivity index (χ2v) is 7.33. The van der Waals surface area contributed by atoms with Crippen LogP contribution >= 0.6 is 0 Å². The third-order valence-electron chi connectivity index (χ3n) is 5.18. The molecule has 1 aliphatic heterocycles. The fraction of sp³-hybridized carbons (Fsp3) is 0.250. The van der Waals surface area contributed by atoms with E-state index in [1.54, 1.807) is 48.7 Å². The van der Waals surface area contributed by atoms with E-state index < -0.39 is 11.5 Å². The number of ether oxygens (including phenoxy) is 3. The first-order chi connectivity index (χ1) is 16.1. The summed E-state index contributed by atoms with van der Waals surface area (Å²) in [5.41, 5.74) is -0.405. The first-order valence-corrected chi connectivity index (χ1v) is 10.4.